The molecule has 5 nitrogen and oxygen atoms in total. The van der Waals surface area contributed by atoms with Crippen molar-refractivity contribution < 1.29 is 9.53 Å². The first kappa shape index (κ1) is 14.1. The van der Waals surface area contributed by atoms with Gasteiger partial charge in [-0.2, -0.15) is 5.10 Å². The molecule has 20 heavy (non-hydrogen) atoms. The number of methoxy groups -OCH3 is 1. The van der Waals surface area contributed by atoms with Crippen molar-refractivity contribution in [1.29, 1.82) is 0 Å². The molecule has 0 saturated heterocycles. The Bertz CT molecular complexity index is 578. The van der Waals surface area contributed by atoms with E-state index in [9.17, 15) is 4.79 Å². The van der Waals surface area contributed by atoms with Crippen LogP contribution in [-0.4, -0.2) is 22.8 Å². The summed E-state index contributed by atoms with van der Waals surface area (Å²) in [6, 6.07) is 7.83. The van der Waals surface area contributed by atoms with Gasteiger partial charge in [-0.05, 0) is 24.1 Å². The van der Waals surface area contributed by atoms with Gasteiger partial charge in [0, 0.05) is 12.6 Å². The molecule has 0 aliphatic rings. The second-order valence-electron chi connectivity index (χ2n) is 4.58. The molecule has 0 aliphatic heterocycles. The summed E-state index contributed by atoms with van der Waals surface area (Å²) in [6.07, 6.45) is 4.85. The molecule has 0 radical (unpaired) electrons. The molecular weight excluding hydrogens is 254 g/mol. The average Bonchev–Trinajstić information content (AvgIpc) is 2.86. The lowest BCUT2D eigenvalue weighted by atomic mass is 10.2. The molecule has 1 amide bonds. The monoisotopic (exact) mass is 273 g/mol. The highest BCUT2D eigenvalue weighted by atomic mass is 16.5. The zero-order chi connectivity index (χ0) is 14.4. The molecule has 1 aromatic heterocycles. The normalized spacial score (nSPS) is 10.3. The molecule has 1 aromatic carbocycles. The maximum absolute atomic E-state index is 11.5. The highest BCUT2D eigenvalue weighted by molar-refractivity contribution is 5.90. The predicted molar refractivity (Wildman–Crippen MR) is 77.9 cm³/mol. The first-order chi connectivity index (χ1) is 9.71. The summed E-state index contributed by atoms with van der Waals surface area (Å²) in [6.45, 7) is 2.62. The highest BCUT2D eigenvalue weighted by Gasteiger charge is 2.04. The van der Waals surface area contributed by atoms with Crippen LogP contribution in [0.2, 0.25) is 0 Å². The summed E-state index contributed by atoms with van der Waals surface area (Å²) in [5.41, 5.74) is 1.82. The van der Waals surface area contributed by atoms with E-state index in [1.54, 1.807) is 18.0 Å². The van der Waals surface area contributed by atoms with Crippen LogP contribution >= 0.6 is 0 Å². The van der Waals surface area contributed by atoms with Gasteiger partial charge in [-0.3, -0.25) is 9.48 Å². The second kappa shape index (κ2) is 6.75. The van der Waals surface area contributed by atoms with Crippen LogP contribution < -0.4 is 10.1 Å². The summed E-state index contributed by atoms with van der Waals surface area (Å²) >= 11 is 0. The van der Waals surface area contributed by atoms with Crippen molar-refractivity contribution in [3.05, 3.63) is 42.2 Å². The summed E-state index contributed by atoms with van der Waals surface area (Å²) in [5.74, 6) is 0.847. The smallest absolute Gasteiger partial charge is 0.224 e. The van der Waals surface area contributed by atoms with Gasteiger partial charge >= 0.3 is 0 Å². The minimum atomic E-state index is 0.0217. The van der Waals surface area contributed by atoms with Crippen LogP contribution in [0, 0.1) is 0 Å². The lowest BCUT2D eigenvalue weighted by molar-refractivity contribution is -0.116. The van der Waals surface area contributed by atoms with Gasteiger partial charge in [0.05, 0.1) is 25.5 Å². The number of nitrogens with zero attached hydrogens (tertiary/aromatic N) is 2. The SMILES string of the molecule is CCCC(=O)Nc1cnn(Cc2cccc(OC)c2)c1. The van der Waals surface area contributed by atoms with Gasteiger partial charge in [-0.15, -0.1) is 0 Å². The van der Waals surface area contributed by atoms with Crippen LogP contribution in [0.5, 0.6) is 5.75 Å². The van der Waals surface area contributed by atoms with Crippen LogP contribution in [-0.2, 0) is 11.3 Å². The number of ether oxygens (including phenoxy) is 1. The van der Waals surface area contributed by atoms with Crippen LogP contribution in [0.15, 0.2) is 36.7 Å². The van der Waals surface area contributed by atoms with Crippen molar-refractivity contribution in [3.8, 4) is 5.75 Å². The third-order valence-electron chi connectivity index (χ3n) is 2.87. The molecule has 0 spiro atoms. The van der Waals surface area contributed by atoms with E-state index in [4.69, 9.17) is 4.74 Å². The number of carbonyl (C=O) groups excluding carboxylic acids is 1. The maximum Gasteiger partial charge on any atom is 0.224 e. The van der Waals surface area contributed by atoms with Crippen LogP contribution in [0.25, 0.3) is 0 Å². The molecule has 0 atom stereocenters. The van der Waals surface area contributed by atoms with Crippen molar-refractivity contribution in [2.24, 2.45) is 0 Å². The Morgan fingerprint density at radius 2 is 2.30 bits per heavy atom. The van der Waals surface area contributed by atoms with Crippen molar-refractivity contribution in [2.45, 2.75) is 26.3 Å². The first-order valence-electron chi connectivity index (χ1n) is 6.66. The van der Waals surface area contributed by atoms with E-state index in [0.29, 0.717) is 13.0 Å². The Labute approximate surface area is 118 Å². The topological polar surface area (TPSA) is 56.2 Å². The minimum Gasteiger partial charge on any atom is -0.497 e. The van der Waals surface area contributed by atoms with Gasteiger partial charge in [0.1, 0.15) is 5.75 Å². The number of aromatic nitrogens is 2. The van der Waals surface area contributed by atoms with Gasteiger partial charge in [0.2, 0.25) is 5.91 Å². The van der Waals surface area contributed by atoms with Crippen molar-refractivity contribution in [2.75, 3.05) is 12.4 Å². The molecule has 2 aromatic rings. The molecule has 0 unspecified atom stereocenters. The molecule has 0 saturated carbocycles. The van der Waals surface area contributed by atoms with Gasteiger partial charge in [-0.1, -0.05) is 19.1 Å². The molecule has 106 valence electrons. The number of benzene rings is 1. The van der Waals surface area contributed by atoms with E-state index < -0.39 is 0 Å². The van der Waals surface area contributed by atoms with Crippen LogP contribution in [0.1, 0.15) is 25.3 Å². The van der Waals surface area contributed by atoms with E-state index in [2.05, 4.69) is 10.4 Å². The molecule has 1 N–H and O–H groups in total. The fourth-order valence-electron chi connectivity index (χ4n) is 1.92. The average molecular weight is 273 g/mol. The Morgan fingerprint density at radius 3 is 3.05 bits per heavy atom. The van der Waals surface area contributed by atoms with E-state index in [-0.39, 0.29) is 5.91 Å². The van der Waals surface area contributed by atoms with Gasteiger partial charge in [-0.25, -0.2) is 0 Å². The van der Waals surface area contributed by atoms with Crippen LogP contribution in [0.4, 0.5) is 5.69 Å². The molecule has 1 heterocycles. The van der Waals surface area contributed by atoms with E-state index in [0.717, 1.165) is 23.4 Å². The fourth-order valence-corrected chi connectivity index (χ4v) is 1.92. The van der Waals surface area contributed by atoms with Gasteiger partial charge in [0.15, 0.2) is 0 Å². The van der Waals surface area contributed by atoms with Crippen molar-refractivity contribution >= 4 is 11.6 Å². The zero-order valence-electron chi connectivity index (χ0n) is 11.8. The second-order valence-corrected chi connectivity index (χ2v) is 4.58. The number of hydrogen-bond donors (Lipinski definition) is 1. The lowest BCUT2D eigenvalue weighted by Crippen LogP contribution is -2.09. The quantitative estimate of drug-likeness (QED) is 0.880. The molecule has 5 heteroatoms. The van der Waals surface area contributed by atoms with Gasteiger partial charge < -0.3 is 10.1 Å². The Kier molecular flexibility index (Phi) is 4.76. The highest BCUT2D eigenvalue weighted by Crippen LogP contribution is 2.14. The fraction of sp³-hybridized carbons (Fsp3) is 0.333. The zero-order valence-corrected chi connectivity index (χ0v) is 11.8. The molecular formula is C15H19N3O2. The third-order valence-corrected chi connectivity index (χ3v) is 2.87. The number of rotatable bonds is 6. The van der Waals surface area contributed by atoms with E-state index in [1.165, 1.54) is 0 Å². The standard InChI is InChI=1S/C15H19N3O2/c1-3-5-15(19)17-13-9-16-18(11-13)10-12-6-4-7-14(8-12)20-2/h4,6-9,11H,3,5,10H2,1-2H3,(H,17,19). The summed E-state index contributed by atoms with van der Waals surface area (Å²) in [4.78, 5) is 11.5. The number of carbonyl (C=O) groups is 1. The van der Waals surface area contributed by atoms with Crippen molar-refractivity contribution in [1.82, 2.24) is 9.78 Å². The number of anilines is 1. The van der Waals surface area contributed by atoms with Gasteiger partial charge in [0.25, 0.3) is 0 Å². The molecule has 0 fully saturated rings. The molecule has 0 bridgehead atoms. The van der Waals surface area contributed by atoms with Crippen LogP contribution in [0.3, 0.4) is 0 Å². The Morgan fingerprint density at radius 1 is 1.45 bits per heavy atom. The maximum atomic E-state index is 11.5. The minimum absolute atomic E-state index is 0.0217. The number of hydrogen-bond acceptors (Lipinski definition) is 3. The first-order valence-corrected chi connectivity index (χ1v) is 6.66. The predicted octanol–water partition coefficient (Wildman–Crippen LogP) is 2.68. The Balaban J connectivity index is 2.00. The molecule has 0 aliphatic carbocycles. The summed E-state index contributed by atoms with van der Waals surface area (Å²) < 4.78 is 6.98. The van der Waals surface area contributed by atoms with E-state index >= 15 is 0 Å². The van der Waals surface area contributed by atoms with Crippen molar-refractivity contribution in [3.63, 3.8) is 0 Å². The largest absolute Gasteiger partial charge is 0.497 e. The summed E-state index contributed by atoms with van der Waals surface area (Å²) in [7, 11) is 1.65. The third kappa shape index (κ3) is 3.85. The number of nitrogens with one attached hydrogen (secondary N) is 1. The van der Waals surface area contributed by atoms with E-state index in [1.807, 2.05) is 37.4 Å². The Hall–Kier alpha value is -2.30. The summed E-state index contributed by atoms with van der Waals surface area (Å²) in [5, 5.41) is 7.07. The number of amides is 1. The lowest BCUT2D eigenvalue weighted by Gasteiger charge is -2.04. The molecule has 2 rings (SSSR count).